The van der Waals surface area contributed by atoms with Crippen molar-refractivity contribution in [2.45, 2.75) is 58.9 Å². The maximum absolute atomic E-state index is 12.7. The lowest BCUT2D eigenvalue weighted by Crippen LogP contribution is -2.48. The van der Waals surface area contributed by atoms with Crippen LogP contribution in [0.2, 0.25) is 0 Å². The molecule has 2 N–H and O–H groups in total. The Kier molecular flexibility index (Phi) is 8.24. The van der Waals surface area contributed by atoms with E-state index in [4.69, 9.17) is 4.74 Å². The SMILES string of the molecule is CCCCC(=O)Nc1cccc(C2NC(=O)N(CCCC)C(C)=C2C(=O)OC)c1. The molecule has 1 aliphatic rings. The van der Waals surface area contributed by atoms with Crippen LogP contribution in [0, 0.1) is 0 Å². The van der Waals surface area contributed by atoms with Gasteiger partial charge in [-0.15, -0.1) is 0 Å². The monoisotopic (exact) mass is 401 g/mol. The van der Waals surface area contributed by atoms with Gasteiger partial charge in [-0.1, -0.05) is 38.8 Å². The summed E-state index contributed by atoms with van der Waals surface area (Å²) < 4.78 is 4.99. The quantitative estimate of drug-likeness (QED) is 0.609. The van der Waals surface area contributed by atoms with Crippen molar-refractivity contribution in [2.24, 2.45) is 0 Å². The van der Waals surface area contributed by atoms with Gasteiger partial charge in [0.1, 0.15) is 0 Å². The molecule has 0 saturated carbocycles. The van der Waals surface area contributed by atoms with Gasteiger partial charge in [0.15, 0.2) is 0 Å². The predicted octanol–water partition coefficient (Wildman–Crippen LogP) is 4.13. The zero-order chi connectivity index (χ0) is 21.4. The van der Waals surface area contributed by atoms with E-state index in [2.05, 4.69) is 10.6 Å². The van der Waals surface area contributed by atoms with Crippen molar-refractivity contribution in [1.29, 1.82) is 0 Å². The molecule has 1 heterocycles. The minimum Gasteiger partial charge on any atom is -0.466 e. The van der Waals surface area contributed by atoms with Gasteiger partial charge in [0.25, 0.3) is 0 Å². The lowest BCUT2D eigenvalue weighted by Gasteiger charge is -2.35. The molecule has 0 bridgehead atoms. The summed E-state index contributed by atoms with van der Waals surface area (Å²) in [6.45, 7) is 6.39. The zero-order valence-electron chi connectivity index (χ0n) is 17.7. The number of methoxy groups -OCH3 is 1. The van der Waals surface area contributed by atoms with E-state index in [1.807, 2.05) is 19.9 Å². The van der Waals surface area contributed by atoms with Crippen molar-refractivity contribution in [1.82, 2.24) is 10.2 Å². The Labute approximate surface area is 172 Å². The van der Waals surface area contributed by atoms with E-state index in [-0.39, 0.29) is 11.9 Å². The predicted molar refractivity (Wildman–Crippen MR) is 112 cm³/mol. The summed E-state index contributed by atoms with van der Waals surface area (Å²) in [5.41, 5.74) is 2.34. The van der Waals surface area contributed by atoms with Crippen LogP contribution in [-0.4, -0.2) is 36.5 Å². The number of hydrogen-bond donors (Lipinski definition) is 2. The Morgan fingerprint density at radius 2 is 1.93 bits per heavy atom. The minimum absolute atomic E-state index is 0.0534. The Hall–Kier alpha value is -2.83. The van der Waals surface area contributed by atoms with E-state index in [1.165, 1.54) is 7.11 Å². The molecular formula is C22H31N3O4. The summed E-state index contributed by atoms with van der Waals surface area (Å²) in [6, 6.07) is 6.31. The first-order valence-electron chi connectivity index (χ1n) is 10.2. The Balaban J connectivity index is 2.35. The largest absolute Gasteiger partial charge is 0.466 e. The summed E-state index contributed by atoms with van der Waals surface area (Å²) in [7, 11) is 1.33. The molecule has 1 atom stereocenters. The third-order valence-electron chi connectivity index (χ3n) is 5.00. The maximum Gasteiger partial charge on any atom is 0.337 e. The van der Waals surface area contributed by atoms with Gasteiger partial charge in [-0.3, -0.25) is 9.69 Å². The van der Waals surface area contributed by atoms with Crippen molar-refractivity contribution >= 4 is 23.6 Å². The number of amides is 3. The van der Waals surface area contributed by atoms with Crippen LogP contribution < -0.4 is 10.6 Å². The second-order valence-corrected chi connectivity index (χ2v) is 7.16. The number of benzene rings is 1. The molecule has 0 fully saturated rings. The molecule has 1 aliphatic heterocycles. The van der Waals surface area contributed by atoms with E-state index in [0.29, 0.717) is 35.5 Å². The molecule has 7 nitrogen and oxygen atoms in total. The summed E-state index contributed by atoms with van der Waals surface area (Å²) in [5, 5.41) is 5.80. The van der Waals surface area contributed by atoms with Crippen LogP contribution in [0.25, 0.3) is 0 Å². The molecule has 0 aliphatic carbocycles. The fourth-order valence-electron chi connectivity index (χ4n) is 3.35. The molecule has 2 rings (SSSR count). The highest BCUT2D eigenvalue weighted by Gasteiger charge is 2.36. The number of unbranched alkanes of at least 4 members (excludes halogenated alkanes) is 2. The molecule has 1 aromatic carbocycles. The number of carbonyl (C=O) groups is 3. The van der Waals surface area contributed by atoms with Gasteiger partial charge in [-0.05, 0) is 37.5 Å². The van der Waals surface area contributed by atoms with Gasteiger partial charge in [-0.25, -0.2) is 9.59 Å². The van der Waals surface area contributed by atoms with E-state index in [9.17, 15) is 14.4 Å². The second kappa shape index (κ2) is 10.6. The first kappa shape index (κ1) is 22.5. The Morgan fingerprint density at radius 1 is 1.21 bits per heavy atom. The number of nitrogens with zero attached hydrogens (tertiary/aromatic N) is 1. The third kappa shape index (κ3) is 5.59. The molecule has 158 valence electrons. The summed E-state index contributed by atoms with van der Waals surface area (Å²) >= 11 is 0. The normalized spacial score (nSPS) is 16.5. The summed E-state index contributed by atoms with van der Waals surface area (Å²) in [6.07, 6.45) is 4.01. The summed E-state index contributed by atoms with van der Waals surface area (Å²) in [4.78, 5) is 38.9. The van der Waals surface area contributed by atoms with Crippen molar-refractivity contribution in [2.75, 3.05) is 19.0 Å². The van der Waals surface area contributed by atoms with Crippen LogP contribution >= 0.6 is 0 Å². The van der Waals surface area contributed by atoms with Crippen LogP contribution in [0.15, 0.2) is 35.5 Å². The fraction of sp³-hybridized carbons (Fsp3) is 0.500. The van der Waals surface area contributed by atoms with Crippen LogP contribution in [0.1, 0.15) is 64.5 Å². The first-order chi connectivity index (χ1) is 13.9. The Morgan fingerprint density at radius 3 is 2.59 bits per heavy atom. The van der Waals surface area contributed by atoms with E-state index >= 15 is 0 Å². The molecular weight excluding hydrogens is 370 g/mol. The molecule has 1 aromatic rings. The van der Waals surface area contributed by atoms with Crippen LogP contribution in [0.5, 0.6) is 0 Å². The molecule has 3 amide bonds. The van der Waals surface area contributed by atoms with E-state index in [0.717, 1.165) is 25.7 Å². The first-order valence-corrected chi connectivity index (χ1v) is 10.2. The van der Waals surface area contributed by atoms with Gasteiger partial charge >= 0.3 is 12.0 Å². The highest BCUT2D eigenvalue weighted by Crippen LogP contribution is 2.32. The minimum atomic E-state index is -0.639. The molecule has 7 heteroatoms. The number of anilines is 1. The lowest BCUT2D eigenvalue weighted by atomic mass is 9.94. The number of ether oxygens (including phenoxy) is 1. The van der Waals surface area contributed by atoms with Crippen LogP contribution in [0.4, 0.5) is 10.5 Å². The van der Waals surface area contributed by atoms with E-state index in [1.54, 1.807) is 30.0 Å². The van der Waals surface area contributed by atoms with Gasteiger partial charge < -0.3 is 15.4 Å². The molecule has 29 heavy (non-hydrogen) atoms. The number of carbonyl (C=O) groups excluding carboxylic acids is 3. The van der Waals surface area contributed by atoms with Crippen molar-refractivity contribution in [3.63, 3.8) is 0 Å². The third-order valence-corrected chi connectivity index (χ3v) is 5.00. The van der Waals surface area contributed by atoms with Gasteiger partial charge in [0, 0.05) is 24.4 Å². The molecule has 0 radical (unpaired) electrons. The number of esters is 1. The number of rotatable bonds is 9. The maximum atomic E-state index is 12.7. The smallest absolute Gasteiger partial charge is 0.337 e. The fourth-order valence-corrected chi connectivity index (χ4v) is 3.35. The van der Waals surface area contributed by atoms with Crippen molar-refractivity contribution in [3.8, 4) is 0 Å². The molecule has 0 spiro atoms. The van der Waals surface area contributed by atoms with Crippen molar-refractivity contribution in [3.05, 3.63) is 41.1 Å². The molecule has 0 aromatic heterocycles. The standard InChI is InChI=1S/C22H31N3O4/c1-5-7-12-18(26)23-17-11-9-10-16(14-17)20-19(21(27)29-4)15(3)25(13-8-6-2)22(28)24-20/h9-11,14,20H,5-8,12-13H2,1-4H3,(H,23,26)(H,24,28). The number of allylic oxidation sites excluding steroid dienone is 1. The average molecular weight is 402 g/mol. The van der Waals surface area contributed by atoms with Gasteiger partial charge in [0.2, 0.25) is 5.91 Å². The van der Waals surface area contributed by atoms with E-state index < -0.39 is 12.0 Å². The van der Waals surface area contributed by atoms with Crippen LogP contribution in [-0.2, 0) is 14.3 Å². The van der Waals surface area contributed by atoms with Crippen molar-refractivity contribution < 1.29 is 19.1 Å². The van der Waals surface area contributed by atoms with Crippen LogP contribution in [0.3, 0.4) is 0 Å². The van der Waals surface area contributed by atoms with Gasteiger partial charge in [-0.2, -0.15) is 0 Å². The molecule has 0 saturated heterocycles. The average Bonchev–Trinajstić information content (AvgIpc) is 2.71. The zero-order valence-corrected chi connectivity index (χ0v) is 17.7. The second-order valence-electron chi connectivity index (χ2n) is 7.16. The number of urea groups is 1. The Bertz CT molecular complexity index is 788. The number of hydrogen-bond acceptors (Lipinski definition) is 4. The molecule has 1 unspecified atom stereocenters. The lowest BCUT2D eigenvalue weighted by molar-refractivity contribution is -0.136. The summed E-state index contributed by atoms with van der Waals surface area (Å²) in [5.74, 6) is -0.534. The van der Waals surface area contributed by atoms with Gasteiger partial charge in [0.05, 0.1) is 18.7 Å². The highest BCUT2D eigenvalue weighted by atomic mass is 16.5. The highest BCUT2D eigenvalue weighted by molar-refractivity contribution is 5.95. The topological polar surface area (TPSA) is 87.7 Å². The number of nitrogens with one attached hydrogen (secondary N) is 2.